The zero-order chi connectivity index (χ0) is 29.2. The molecule has 0 atom stereocenters. The molecule has 0 aromatic heterocycles. The van der Waals surface area contributed by atoms with Gasteiger partial charge in [-0.05, 0) is 41.0 Å². The fraction of sp³-hybridized carbons (Fsp3) is 0.300. The minimum atomic E-state index is -0.989. The summed E-state index contributed by atoms with van der Waals surface area (Å²) in [6, 6.07) is 19.9. The molecule has 1 heterocycles. The molecule has 3 aromatic rings. The van der Waals surface area contributed by atoms with Crippen LogP contribution in [0.15, 0.2) is 66.7 Å². The van der Waals surface area contributed by atoms with Gasteiger partial charge in [0.15, 0.2) is 0 Å². The molecule has 4 rings (SSSR count). The first kappa shape index (κ1) is 29.8. The van der Waals surface area contributed by atoms with Gasteiger partial charge in [-0.2, -0.15) is 0 Å². The number of nitrogens with zero attached hydrogens (tertiary/aromatic N) is 4. The van der Waals surface area contributed by atoms with E-state index in [2.05, 4.69) is 45.9 Å². The summed E-state index contributed by atoms with van der Waals surface area (Å²) in [5.41, 5.74) is 8.64. The lowest BCUT2D eigenvalue weighted by atomic mass is 9.99. The van der Waals surface area contributed by atoms with Gasteiger partial charge in [0.2, 0.25) is 0 Å². The second-order valence-corrected chi connectivity index (χ2v) is 10.0. The molecule has 2 amide bonds. The van der Waals surface area contributed by atoms with Gasteiger partial charge in [0, 0.05) is 50.7 Å². The van der Waals surface area contributed by atoms with Gasteiger partial charge in [-0.15, -0.1) is 0 Å². The Morgan fingerprint density at radius 3 is 2.49 bits per heavy atom. The zero-order valence-corrected chi connectivity index (χ0v) is 23.3. The van der Waals surface area contributed by atoms with Gasteiger partial charge in [-0.1, -0.05) is 59.8 Å². The molecule has 0 spiro atoms. The Labute approximate surface area is 244 Å². The van der Waals surface area contributed by atoms with E-state index in [0.29, 0.717) is 24.0 Å². The number of amides is 2. The highest BCUT2D eigenvalue weighted by Gasteiger charge is 2.19. The minimum Gasteiger partial charge on any atom is -0.492 e. The summed E-state index contributed by atoms with van der Waals surface area (Å²) in [4.78, 5) is 26.6. The highest BCUT2D eigenvalue weighted by atomic mass is 35.5. The standard InChI is InChI=1S/C30H32ClN5O5/c31-26-11-8-23(9-12-26)28-7-2-1-6-25(28)22-34-17-15-33(16-18-34)19-20-41-27-13-10-24(29(21-27)36(39)40)5-3-4-14-35(38)30(32)37/h1-2,6-13,21,38H,4,14-20,22H2,(H2,32,37). The molecule has 1 aliphatic rings. The number of hydroxylamine groups is 2. The Morgan fingerprint density at radius 2 is 1.78 bits per heavy atom. The summed E-state index contributed by atoms with van der Waals surface area (Å²) >= 11 is 6.07. The number of hydrogen-bond donors (Lipinski definition) is 2. The highest BCUT2D eigenvalue weighted by Crippen LogP contribution is 2.27. The molecule has 3 aromatic carbocycles. The summed E-state index contributed by atoms with van der Waals surface area (Å²) in [5.74, 6) is 5.80. The number of halogens is 1. The van der Waals surface area contributed by atoms with Crippen LogP contribution in [0.25, 0.3) is 11.1 Å². The van der Waals surface area contributed by atoms with Gasteiger partial charge in [0.1, 0.15) is 17.9 Å². The average Bonchev–Trinajstić information content (AvgIpc) is 2.97. The SMILES string of the molecule is NC(=O)N(O)CCC#Cc1ccc(OCCN2CCN(Cc3ccccc3-c3ccc(Cl)cc3)CC2)cc1[N+](=O)[O-]. The molecule has 3 N–H and O–H groups in total. The maximum atomic E-state index is 11.6. The quantitative estimate of drug-likeness (QED) is 0.156. The maximum absolute atomic E-state index is 11.6. The monoisotopic (exact) mass is 577 g/mol. The molecular weight excluding hydrogens is 546 g/mol. The van der Waals surface area contributed by atoms with Crippen molar-refractivity contribution in [2.45, 2.75) is 13.0 Å². The van der Waals surface area contributed by atoms with Crippen molar-refractivity contribution in [1.82, 2.24) is 14.9 Å². The van der Waals surface area contributed by atoms with Crippen molar-refractivity contribution in [2.24, 2.45) is 5.73 Å². The van der Waals surface area contributed by atoms with Crippen LogP contribution in [0.3, 0.4) is 0 Å². The number of nitro groups is 1. The summed E-state index contributed by atoms with van der Waals surface area (Å²) < 4.78 is 5.83. The van der Waals surface area contributed by atoms with Crippen LogP contribution in [-0.2, 0) is 6.54 Å². The van der Waals surface area contributed by atoms with Crippen LogP contribution in [0.5, 0.6) is 5.75 Å². The van der Waals surface area contributed by atoms with E-state index in [0.717, 1.165) is 43.3 Å². The number of carbonyl (C=O) groups excluding carboxylic acids is 1. The number of urea groups is 1. The van der Waals surface area contributed by atoms with Gasteiger partial charge in [0.05, 0.1) is 17.5 Å². The Kier molecular flexibility index (Phi) is 10.5. The van der Waals surface area contributed by atoms with Gasteiger partial charge in [-0.25, -0.2) is 9.86 Å². The Hall–Kier alpha value is -4.14. The van der Waals surface area contributed by atoms with Crippen LogP contribution < -0.4 is 10.5 Å². The third-order valence-electron chi connectivity index (χ3n) is 6.80. The number of ether oxygens (including phenoxy) is 1. The van der Waals surface area contributed by atoms with Crippen LogP contribution in [0.2, 0.25) is 5.02 Å². The topological polar surface area (TPSA) is 125 Å². The van der Waals surface area contributed by atoms with E-state index in [4.69, 9.17) is 22.1 Å². The third kappa shape index (κ3) is 8.67. The first-order chi connectivity index (χ1) is 19.8. The van der Waals surface area contributed by atoms with Crippen molar-refractivity contribution in [3.63, 3.8) is 0 Å². The summed E-state index contributed by atoms with van der Waals surface area (Å²) in [7, 11) is 0. The molecule has 10 nitrogen and oxygen atoms in total. The van der Waals surface area contributed by atoms with E-state index >= 15 is 0 Å². The van der Waals surface area contributed by atoms with Crippen LogP contribution in [0.4, 0.5) is 10.5 Å². The van der Waals surface area contributed by atoms with Crippen LogP contribution in [-0.4, -0.2) is 76.9 Å². The molecule has 1 saturated heterocycles. The van der Waals surface area contributed by atoms with Crippen molar-refractivity contribution in [2.75, 3.05) is 45.9 Å². The van der Waals surface area contributed by atoms with Crippen LogP contribution in [0, 0.1) is 22.0 Å². The van der Waals surface area contributed by atoms with Crippen molar-refractivity contribution >= 4 is 23.3 Å². The molecule has 214 valence electrons. The highest BCUT2D eigenvalue weighted by molar-refractivity contribution is 6.30. The average molecular weight is 578 g/mol. The van der Waals surface area contributed by atoms with E-state index in [-0.39, 0.29) is 24.2 Å². The first-order valence-corrected chi connectivity index (χ1v) is 13.6. The number of hydrogen-bond acceptors (Lipinski definition) is 7. The lowest BCUT2D eigenvalue weighted by Gasteiger charge is -2.35. The predicted molar refractivity (Wildman–Crippen MR) is 157 cm³/mol. The number of primary amides is 1. The third-order valence-corrected chi connectivity index (χ3v) is 7.05. The van der Waals surface area contributed by atoms with Gasteiger partial charge in [-0.3, -0.25) is 25.1 Å². The Morgan fingerprint density at radius 1 is 1.07 bits per heavy atom. The fourth-order valence-electron chi connectivity index (χ4n) is 4.56. The van der Waals surface area contributed by atoms with Gasteiger partial charge in [0.25, 0.3) is 5.69 Å². The number of nitrogens with two attached hydrogens (primary N) is 1. The lowest BCUT2D eigenvalue weighted by Crippen LogP contribution is -2.47. The van der Waals surface area contributed by atoms with E-state index in [9.17, 15) is 20.1 Å². The van der Waals surface area contributed by atoms with Crippen molar-refractivity contribution < 1.29 is 19.7 Å². The lowest BCUT2D eigenvalue weighted by molar-refractivity contribution is -0.385. The number of piperazine rings is 1. The fourth-order valence-corrected chi connectivity index (χ4v) is 4.69. The second kappa shape index (κ2) is 14.5. The van der Waals surface area contributed by atoms with E-state index in [1.54, 1.807) is 6.07 Å². The molecule has 11 heteroatoms. The van der Waals surface area contributed by atoms with Gasteiger partial charge >= 0.3 is 6.03 Å². The van der Waals surface area contributed by atoms with Crippen molar-refractivity contribution in [1.29, 1.82) is 0 Å². The van der Waals surface area contributed by atoms with Gasteiger partial charge < -0.3 is 10.5 Å². The molecule has 0 saturated carbocycles. The summed E-state index contributed by atoms with van der Waals surface area (Å²) in [5, 5.41) is 21.9. The molecule has 0 bridgehead atoms. The molecule has 1 fully saturated rings. The maximum Gasteiger partial charge on any atom is 0.338 e. The Balaban J connectivity index is 1.25. The number of rotatable bonds is 10. The van der Waals surface area contributed by atoms with E-state index in [1.165, 1.54) is 23.3 Å². The van der Waals surface area contributed by atoms with E-state index < -0.39 is 11.0 Å². The minimum absolute atomic E-state index is 0.0950. The molecule has 41 heavy (non-hydrogen) atoms. The van der Waals surface area contributed by atoms with Crippen molar-refractivity contribution in [3.05, 3.63) is 93.0 Å². The molecule has 0 unspecified atom stereocenters. The Bertz CT molecular complexity index is 1410. The predicted octanol–water partition coefficient (Wildman–Crippen LogP) is 4.62. The number of carbonyl (C=O) groups is 1. The number of nitro benzene ring substituents is 1. The molecule has 0 aliphatic carbocycles. The van der Waals surface area contributed by atoms with Crippen LogP contribution >= 0.6 is 11.6 Å². The molecular formula is C30H32ClN5O5. The van der Waals surface area contributed by atoms with Crippen molar-refractivity contribution in [3.8, 4) is 28.7 Å². The summed E-state index contributed by atoms with van der Waals surface area (Å²) in [6.07, 6.45) is 0.108. The largest absolute Gasteiger partial charge is 0.492 e. The van der Waals surface area contributed by atoms with E-state index in [1.807, 2.05) is 24.3 Å². The molecule has 0 radical (unpaired) electrons. The smallest absolute Gasteiger partial charge is 0.338 e. The normalized spacial score (nSPS) is 13.7. The zero-order valence-electron chi connectivity index (χ0n) is 22.5. The van der Waals surface area contributed by atoms with Crippen LogP contribution in [0.1, 0.15) is 17.5 Å². The number of benzene rings is 3. The first-order valence-electron chi connectivity index (χ1n) is 13.2. The molecule has 1 aliphatic heterocycles. The summed E-state index contributed by atoms with van der Waals surface area (Å²) in [6.45, 7) is 5.56. The second-order valence-electron chi connectivity index (χ2n) is 9.58.